The van der Waals surface area contributed by atoms with Crippen LogP contribution in [0.5, 0.6) is 0 Å². The van der Waals surface area contributed by atoms with E-state index in [0.717, 1.165) is 0 Å². The first-order chi connectivity index (χ1) is 7.13. The molecule has 1 heterocycles. The Morgan fingerprint density at radius 2 is 2.20 bits per heavy atom. The van der Waals surface area contributed by atoms with Crippen LogP contribution in [0, 0.1) is 18.3 Å². The van der Waals surface area contributed by atoms with Crippen LogP contribution in [0.2, 0.25) is 0 Å². The molecule has 0 atom stereocenters. The van der Waals surface area contributed by atoms with Gasteiger partial charge in [-0.1, -0.05) is 13.8 Å². The molecule has 0 amide bonds. The van der Waals surface area contributed by atoms with Gasteiger partial charge in [-0.05, 0) is 13.8 Å². The van der Waals surface area contributed by atoms with Crippen molar-refractivity contribution in [2.24, 2.45) is 0 Å². The van der Waals surface area contributed by atoms with Crippen molar-refractivity contribution in [2.45, 2.75) is 27.7 Å². The molecule has 4 heteroatoms. The van der Waals surface area contributed by atoms with Gasteiger partial charge >= 0.3 is 0 Å². The molecule has 1 aromatic heterocycles. The Hall–Kier alpha value is -1.89. The van der Waals surface area contributed by atoms with E-state index in [9.17, 15) is 4.79 Å². The number of aromatic nitrogens is 1. The molecule has 15 heavy (non-hydrogen) atoms. The summed E-state index contributed by atoms with van der Waals surface area (Å²) < 4.78 is 4.96. The number of nitriles is 1. The smallest absolute Gasteiger partial charge is 0.220 e. The quantitative estimate of drug-likeness (QED) is 0.550. The fourth-order valence-corrected chi connectivity index (χ4v) is 0.775. The predicted molar refractivity (Wildman–Crippen MR) is 56.9 cm³/mol. The van der Waals surface area contributed by atoms with Gasteiger partial charge < -0.3 is 4.42 Å². The number of Topliss-reactive ketones (excluding diaryl/α,β-unsaturated/α-hetero) is 1. The number of ketones is 1. The highest BCUT2D eigenvalue weighted by Gasteiger charge is 2.04. The van der Waals surface area contributed by atoms with E-state index in [0.29, 0.717) is 5.69 Å². The maximum Gasteiger partial charge on any atom is 0.220 e. The lowest BCUT2D eigenvalue weighted by atomic mass is 10.2. The number of hydrogen-bond donors (Lipinski definition) is 0. The topological polar surface area (TPSA) is 66.9 Å². The normalized spacial score (nSPS) is 9.93. The van der Waals surface area contributed by atoms with Gasteiger partial charge in [0, 0.05) is 6.08 Å². The fraction of sp³-hybridized carbons (Fsp3) is 0.364. The van der Waals surface area contributed by atoms with Crippen molar-refractivity contribution in [3.63, 3.8) is 0 Å². The molecule has 1 aromatic rings. The van der Waals surface area contributed by atoms with Crippen LogP contribution < -0.4 is 0 Å². The van der Waals surface area contributed by atoms with Gasteiger partial charge in [-0.25, -0.2) is 4.98 Å². The fourth-order valence-electron chi connectivity index (χ4n) is 0.775. The Bertz CT molecular complexity index is 397. The van der Waals surface area contributed by atoms with Crippen molar-refractivity contribution in [3.05, 3.63) is 23.4 Å². The van der Waals surface area contributed by atoms with Crippen molar-refractivity contribution in [1.29, 1.82) is 5.26 Å². The molecular formula is C11H14N2O2. The van der Waals surface area contributed by atoms with E-state index in [2.05, 4.69) is 4.98 Å². The maximum atomic E-state index is 10.8. The SMILES string of the molecule is CC.CC(=O)/C(C#N)=C/c1nc(C)co1. The first kappa shape index (κ1) is 13.1. The highest BCUT2D eigenvalue weighted by molar-refractivity contribution is 6.01. The van der Waals surface area contributed by atoms with Gasteiger partial charge in [0.25, 0.3) is 0 Å². The summed E-state index contributed by atoms with van der Waals surface area (Å²) in [5.74, 6) is -0.0115. The van der Waals surface area contributed by atoms with Gasteiger partial charge in [0.1, 0.15) is 17.9 Å². The Labute approximate surface area is 89.2 Å². The minimum atomic E-state index is -0.293. The Balaban J connectivity index is 0.000000921. The third-order valence-electron chi connectivity index (χ3n) is 1.40. The molecule has 0 fully saturated rings. The molecule has 0 saturated heterocycles. The minimum Gasteiger partial charge on any atom is -0.445 e. The summed E-state index contributed by atoms with van der Waals surface area (Å²) in [6.45, 7) is 7.09. The van der Waals surface area contributed by atoms with Gasteiger partial charge in [-0.3, -0.25) is 4.79 Å². The molecule has 0 radical (unpaired) electrons. The molecule has 0 aliphatic rings. The highest BCUT2D eigenvalue weighted by Crippen LogP contribution is 2.06. The van der Waals surface area contributed by atoms with Crippen LogP contribution in [0.25, 0.3) is 6.08 Å². The van der Waals surface area contributed by atoms with E-state index in [1.54, 1.807) is 13.0 Å². The van der Waals surface area contributed by atoms with Crippen LogP contribution in [0.3, 0.4) is 0 Å². The molecule has 0 N–H and O–H groups in total. The summed E-state index contributed by atoms with van der Waals surface area (Å²) in [5, 5.41) is 8.56. The third kappa shape index (κ3) is 4.23. The largest absolute Gasteiger partial charge is 0.445 e. The second-order valence-electron chi connectivity index (χ2n) is 2.55. The molecule has 0 aliphatic heterocycles. The van der Waals surface area contributed by atoms with Crippen molar-refractivity contribution >= 4 is 11.9 Å². The van der Waals surface area contributed by atoms with E-state index in [1.807, 2.05) is 13.8 Å². The maximum absolute atomic E-state index is 10.8. The van der Waals surface area contributed by atoms with Gasteiger partial charge in [0.2, 0.25) is 5.89 Å². The molecular weight excluding hydrogens is 192 g/mol. The molecule has 1 rings (SSSR count). The molecule has 0 aliphatic carbocycles. The zero-order valence-corrected chi connectivity index (χ0v) is 9.37. The van der Waals surface area contributed by atoms with E-state index < -0.39 is 0 Å². The Kier molecular flexibility index (Phi) is 5.72. The lowest BCUT2D eigenvalue weighted by Gasteiger charge is -1.86. The third-order valence-corrected chi connectivity index (χ3v) is 1.40. The summed E-state index contributed by atoms with van der Waals surface area (Å²) in [4.78, 5) is 14.8. The van der Waals surface area contributed by atoms with Crippen molar-refractivity contribution in [3.8, 4) is 6.07 Å². The lowest BCUT2D eigenvalue weighted by molar-refractivity contribution is -0.113. The number of allylic oxidation sites excluding steroid dienone is 1. The van der Waals surface area contributed by atoms with E-state index in [4.69, 9.17) is 9.68 Å². The summed E-state index contributed by atoms with van der Waals surface area (Å²) >= 11 is 0. The zero-order valence-electron chi connectivity index (χ0n) is 9.37. The number of oxazole rings is 1. The van der Waals surface area contributed by atoms with Crippen molar-refractivity contribution in [1.82, 2.24) is 4.98 Å². The van der Waals surface area contributed by atoms with Crippen molar-refractivity contribution in [2.75, 3.05) is 0 Å². The number of carbonyl (C=O) groups excluding carboxylic acids is 1. The monoisotopic (exact) mass is 206 g/mol. The molecule has 0 unspecified atom stereocenters. The summed E-state index contributed by atoms with van der Waals surface area (Å²) in [6.07, 6.45) is 2.79. The van der Waals surface area contributed by atoms with Gasteiger partial charge in [-0.15, -0.1) is 0 Å². The lowest BCUT2D eigenvalue weighted by Crippen LogP contribution is -1.92. The summed E-state index contributed by atoms with van der Waals surface area (Å²) in [7, 11) is 0. The summed E-state index contributed by atoms with van der Waals surface area (Å²) in [6, 6.07) is 1.77. The molecule has 4 nitrogen and oxygen atoms in total. The molecule has 0 aromatic carbocycles. The number of carbonyl (C=O) groups is 1. The molecule has 0 bridgehead atoms. The number of nitrogens with zero attached hydrogens (tertiary/aromatic N) is 2. The number of aryl methyl sites for hydroxylation is 1. The second kappa shape index (κ2) is 6.55. The van der Waals surface area contributed by atoms with Crippen LogP contribution in [0.15, 0.2) is 16.3 Å². The average molecular weight is 206 g/mol. The van der Waals surface area contributed by atoms with E-state index in [-0.39, 0.29) is 17.2 Å². The van der Waals surface area contributed by atoms with Crippen molar-refractivity contribution < 1.29 is 9.21 Å². The highest BCUT2D eigenvalue weighted by atomic mass is 16.3. The van der Waals surface area contributed by atoms with Gasteiger partial charge in [0.05, 0.1) is 5.69 Å². The van der Waals surface area contributed by atoms with Gasteiger partial charge in [-0.2, -0.15) is 5.26 Å². The average Bonchev–Trinajstić information content (AvgIpc) is 2.63. The first-order valence-corrected chi connectivity index (χ1v) is 4.68. The first-order valence-electron chi connectivity index (χ1n) is 4.68. The summed E-state index contributed by atoms with van der Waals surface area (Å²) in [5.41, 5.74) is 0.758. The standard InChI is InChI=1S/C9H8N2O2.C2H6/c1-6-5-13-9(11-6)3-8(4-10)7(2)12;1-2/h3,5H,1-2H3;1-2H3/b8-3+;. The zero-order chi connectivity index (χ0) is 11.8. The molecule has 0 spiro atoms. The van der Waals surface area contributed by atoms with E-state index >= 15 is 0 Å². The number of rotatable bonds is 2. The molecule has 80 valence electrons. The van der Waals surface area contributed by atoms with Crippen LogP contribution in [0.4, 0.5) is 0 Å². The van der Waals surface area contributed by atoms with Crippen LogP contribution in [0.1, 0.15) is 32.4 Å². The minimum absolute atomic E-state index is 0.0434. The predicted octanol–water partition coefficient (Wildman–Crippen LogP) is 2.51. The van der Waals surface area contributed by atoms with Crippen LogP contribution >= 0.6 is 0 Å². The molecule has 0 saturated carbocycles. The van der Waals surface area contributed by atoms with E-state index in [1.165, 1.54) is 19.3 Å². The van der Waals surface area contributed by atoms with Crippen LogP contribution in [-0.2, 0) is 4.79 Å². The van der Waals surface area contributed by atoms with Gasteiger partial charge in [0.15, 0.2) is 5.78 Å². The second-order valence-corrected chi connectivity index (χ2v) is 2.55. The Morgan fingerprint density at radius 1 is 1.60 bits per heavy atom. The number of hydrogen-bond acceptors (Lipinski definition) is 4. The van der Waals surface area contributed by atoms with Crippen LogP contribution in [-0.4, -0.2) is 10.8 Å². The Morgan fingerprint density at radius 3 is 2.53 bits per heavy atom.